The van der Waals surface area contributed by atoms with Crippen molar-refractivity contribution < 1.29 is 4.79 Å². The number of carbonyl (C=O) groups is 1. The second-order valence-corrected chi connectivity index (χ2v) is 6.53. The Bertz CT molecular complexity index is 570. The van der Waals surface area contributed by atoms with Gasteiger partial charge in [0.05, 0.1) is 9.21 Å². The monoisotopic (exact) mass is 343 g/mol. The standard InChI is InChI=1S/C13H11BrClNOS/c1-16(8-9-3-2-4-10(14)7-9)13(17)11-5-6-12(15)18-11/h2-7H,8H2,1H3. The summed E-state index contributed by atoms with van der Waals surface area (Å²) in [5.41, 5.74) is 1.09. The molecular formula is C13H11BrClNOS. The van der Waals surface area contributed by atoms with Crippen LogP contribution in [-0.2, 0) is 6.54 Å². The maximum atomic E-state index is 12.1. The number of rotatable bonds is 3. The second-order valence-electron chi connectivity index (χ2n) is 3.89. The summed E-state index contributed by atoms with van der Waals surface area (Å²) in [6, 6.07) is 11.4. The molecule has 0 bridgehead atoms. The summed E-state index contributed by atoms with van der Waals surface area (Å²) < 4.78 is 1.65. The highest BCUT2D eigenvalue weighted by Gasteiger charge is 2.14. The van der Waals surface area contributed by atoms with Crippen LogP contribution in [0.15, 0.2) is 40.9 Å². The van der Waals surface area contributed by atoms with Gasteiger partial charge in [0.15, 0.2) is 0 Å². The Balaban J connectivity index is 2.08. The molecule has 0 atom stereocenters. The average molecular weight is 345 g/mol. The first-order chi connectivity index (χ1) is 8.56. The zero-order valence-corrected chi connectivity index (χ0v) is 12.8. The van der Waals surface area contributed by atoms with E-state index < -0.39 is 0 Å². The molecule has 0 aliphatic heterocycles. The van der Waals surface area contributed by atoms with Gasteiger partial charge in [-0.1, -0.05) is 39.7 Å². The molecule has 0 N–H and O–H groups in total. The normalized spacial score (nSPS) is 10.4. The molecule has 2 rings (SSSR count). The third-order valence-electron chi connectivity index (χ3n) is 2.44. The van der Waals surface area contributed by atoms with Crippen molar-refractivity contribution >= 4 is 44.8 Å². The Morgan fingerprint density at radius 1 is 1.39 bits per heavy atom. The molecule has 1 aromatic carbocycles. The van der Waals surface area contributed by atoms with E-state index in [9.17, 15) is 4.79 Å². The number of hydrogen-bond donors (Lipinski definition) is 0. The van der Waals surface area contributed by atoms with E-state index in [1.807, 2.05) is 24.3 Å². The van der Waals surface area contributed by atoms with Crippen LogP contribution >= 0.6 is 38.9 Å². The first-order valence-corrected chi connectivity index (χ1v) is 7.30. The van der Waals surface area contributed by atoms with Gasteiger partial charge in [0, 0.05) is 18.1 Å². The van der Waals surface area contributed by atoms with Crippen molar-refractivity contribution in [3.63, 3.8) is 0 Å². The van der Waals surface area contributed by atoms with E-state index in [2.05, 4.69) is 15.9 Å². The van der Waals surface area contributed by atoms with Crippen molar-refractivity contribution in [2.45, 2.75) is 6.54 Å². The summed E-state index contributed by atoms with van der Waals surface area (Å²) in [4.78, 5) is 14.5. The van der Waals surface area contributed by atoms with E-state index in [4.69, 9.17) is 11.6 Å². The summed E-state index contributed by atoms with van der Waals surface area (Å²) in [5.74, 6) is -0.00752. The highest BCUT2D eigenvalue weighted by Crippen LogP contribution is 2.23. The van der Waals surface area contributed by atoms with Gasteiger partial charge in [-0.15, -0.1) is 11.3 Å². The van der Waals surface area contributed by atoms with Crippen molar-refractivity contribution in [3.8, 4) is 0 Å². The molecule has 0 aliphatic rings. The van der Waals surface area contributed by atoms with Crippen molar-refractivity contribution in [2.24, 2.45) is 0 Å². The van der Waals surface area contributed by atoms with E-state index in [-0.39, 0.29) is 5.91 Å². The van der Waals surface area contributed by atoms with Gasteiger partial charge in [0.2, 0.25) is 0 Å². The molecule has 1 heterocycles. The van der Waals surface area contributed by atoms with Crippen LogP contribution in [0.25, 0.3) is 0 Å². The van der Waals surface area contributed by atoms with E-state index >= 15 is 0 Å². The first-order valence-electron chi connectivity index (χ1n) is 5.31. The fraction of sp³-hybridized carbons (Fsp3) is 0.154. The van der Waals surface area contributed by atoms with Gasteiger partial charge >= 0.3 is 0 Å². The highest BCUT2D eigenvalue weighted by atomic mass is 79.9. The minimum atomic E-state index is -0.00752. The van der Waals surface area contributed by atoms with E-state index in [0.29, 0.717) is 15.8 Å². The number of thiophene rings is 1. The molecule has 18 heavy (non-hydrogen) atoms. The van der Waals surface area contributed by atoms with Crippen LogP contribution in [0.2, 0.25) is 4.34 Å². The van der Waals surface area contributed by atoms with E-state index in [1.54, 1.807) is 24.1 Å². The Kier molecular flexibility index (Phi) is 4.43. The largest absolute Gasteiger partial charge is 0.337 e. The minimum absolute atomic E-state index is 0.00752. The molecular weight excluding hydrogens is 334 g/mol. The summed E-state index contributed by atoms with van der Waals surface area (Å²) in [7, 11) is 1.79. The topological polar surface area (TPSA) is 20.3 Å². The molecule has 0 saturated carbocycles. The molecule has 2 aromatic rings. The SMILES string of the molecule is CN(Cc1cccc(Br)c1)C(=O)c1ccc(Cl)s1. The summed E-state index contributed by atoms with van der Waals surface area (Å²) in [6.45, 7) is 0.577. The maximum Gasteiger partial charge on any atom is 0.264 e. The molecule has 5 heteroatoms. The van der Waals surface area contributed by atoms with Gasteiger partial charge < -0.3 is 4.90 Å². The fourth-order valence-corrected chi connectivity index (χ4v) is 3.08. The minimum Gasteiger partial charge on any atom is -0.337 e. The number of amides is 1. The predicted molar refractivity (Wildman–Crippen MR) is 79.3 cm³/mol. The van der Waals surface area contributed by atoms with Crippen LogP contribution in [-0.4, -0.2) is 17.9 Å². The van der Waals surface area contributed by atoms with E-state index in [0.717, 1.165) is 10.0 Å². The Labute approximate surface area is 123 Å². The third kappa shape index (κ3) is 3.34. The molecule has 1 amide bonds. The average Bonchev–Trinajstić information content (AvgIpc) is 2.75. The third-order valence-corrected chi connectivity index (χ3v) is 4.15. The lowest BCUT2D eigenvalue weighted by atomic mass is 10.2. The number of hydrogen-bond acceptors (Lipinski definition) is 2. The zero-order chi connectivity index (χ0) is 13.1. The Morgan fingerprint density at radius 3 is 2.78 bits per heavy atom. The summed E-state index contributed by atoms with van der Waals surface area (Å²) >= 11 is 10.6. The number of halogens is 2. The van der Waals surface area contributed by atoms with Crippen LogP contribution in [0.1, 0.15) is 15.2 Å². The van der Waals surface area contributed by atoms with Gasteiger partial charge in [0.25, 0.3) is 5.91 Å². The van der Waals surface area contributed by atoms with Crippen LogP contribution in [0.5, 0.6) is 0 Å². The molecule has 94 valence electrons. The van der Waals surface area contributed by atoms with Crippen molar-refractivity contribution in [1.82, 2.24) is 4.90 Å². The van der Waals surface area contributed by atoms with E-state index in [1.165, 1.54) is 11.3 Å². The molecule has 0 radical (unpaired) electrons. The smallest absolute Gasteiger partial charge is 0.264 e. The molecule has 1 aromatic heterocycles. The molecule has 0 saturated heterocycles. The summed E-state index contributed by atoms with van der Waals surface area (Å²) in [5, 5.41) is 0. The predicted octanol–water partition coefficient (Wildman–Crippen LogP) is 4.44. The Hall–Kier alpha value is -0.840. The summed E-state index contributed by atoms with van der Waals surface area (Å²) in [6.07, 6.45) is 0. The van der Waals surface area contributed by atoms with Gasteiger partial charge in [-0.2, -0.15) is 0 Å². The molecule has 0 unspecified atom stereocenters. The quantitative estimate of drug-likeness (QED) is 0.806. The Morgan fingerprint density at radius 2 is 2.17 bits per heavy atom. The van der Waals surface area contributed by atoms with Crippen LogP contribution in [0.4, 0.5) is 0 Å². The number of benzene rings is 1. The van der Waals surface area contributed by atoms with Crippen molar-refractivity contribution in [1.29, 1.82) is 0 Å². The molecule has 0 fully saturated rings. The van der Waals surface area contributed by atoms with Gasteiger partial charge in [-0.3, -0.25) is 4.79 Å². The molecule has 0 spiro atoms. The maximum absolute atomic E-state index is 12.1. The lowest BCUT2D eigenvalue weighted by molar-refractivity contribution is 0.0790. The zero-order valence-electron chi connectivity index (χ0n) is 9.69. The second kappa shape index (κ2) is 5.87. The van der Waals surface area contributed by atoms with Gasteiger partial charge in [-0.25, -0.2) is 0 Å². The molecule has 2 nitrogen and oxygen atoms in total. The van der Waals surface area contributed by atoms with Gasteiger partial charge in [0.1, 0.15) is 0 Å². The molecule has 0 aliphatic carbocycles. The van der Waals surface area contributed by atoms with Crippen LogP contribution < -0.4 is 0 Å². The lowest BCUT2D eigenvalue weighted by Crippen LogP contribution is -2.25. The lowest BCUT2D eigenvalue weighted by Gasteiger charge is -2.16. The van der Waals surface area contributed by atoms with Crippen LogP contribution in [0, 0.1) is 0 Å². The first kappa shape index (κ1) is 13.6. The van der Waals surface area contributed by atoms with Gasteiger partial charge in [-0.05, 0) is 29.8 Å². The van der Waals surface area contributed by atoms with Crippen molar-refractivity contribution in [3.05, 3.63) is 55.6 Å². The number of carbonyl (C=O) groups excluding carboxylic acids is 1. The van der Waals surface area contributed by atoms with Crippen molar-refractivity contribution in [2.75, 3.05) is 7.05 Å². The van der Waals surface area contributed by atoms with Crippen LogP contribution in [0.3, 0.4) is 0 Å². The highest BCUT2D eigenvalue weighted by molar-refractivity contribution is 9.10. The number of nitrogens with zero attached hydrogens (tertiary/aromatic N) is 1. The fourth-order valence-electron chi connectivity index (χ4n) is 1.60.